The minimum absolute atomic E-state index is 0.0260. The van der Waals surface area contributed by atoms with E-state index in [-0.39, 0.29) is 35.9 Å². The van der Waals surface area contributed by atoms with E-state index in [1.54, 1.807) is 12.1 Å². The highest BCUT2D eigenvalue weighted by Gasteiger charge is 2.45. The summed E-state index contributed by atoms with van der Waals surface area (Å²) in [5.41, 5.74) is 9.17. The topological polar surface area (TPSA) is 102 Å². The van der Waals surface area contributed by atoms with E-state index in [4.69, 9.17) is 11.0 Å². The molecule has 0 spiro atoms. The van der Waals surface area contributed by atoms with Crippen molar-refractivity contribution in [1.29, 1.82) is 5.26 Å². The van der Waals surface area contributed by atoms with Crippen molar-refractivity contribution >= 4 is 11.8 Å². The fourth-order valence-corrected chi connectivity index (χ4v) is 5.72. The van der Waals surface area contributed by atoms with Crippen molar-refractivity contribution in [3.05, 3.63) is 71.3 Å². The van der Waals surface area contributed by atoms with E-state index in [9.17, 15) is 9.59 Å². The predicted molar refractivity (Wildman–Crippen MR) is 144 cm³/mol. The Morgan fingerprint density at radius 2 is 1.86 bits per heavy atom. The highest BCUT2D eigenvalue weighted by atomic mass is 16.2. The fraction of sp³-hybridized carbons (Fsp3) is 0.500. The Balaban J connectivity index is 1.49. The molecule has 3 N–H and O–H groups in total. The molecule has 7 heteroatoms. The fourth-order valence-electron chi connectivity index (χ4n) is 5.72. The third-order valence-electron chi connectivity index (χ3n) is 7.64. The van der Waals surface area contributed by atoms with Gasteiger partial charge in [-0.2, -0.15) is 5.26 Å². The average molecular weight is 502 g/mol. The number of nitrogens with one attached hydrogen (secondary N) is 1. The van der Waals surface area contributed by atoms with Gasteiger partial charge in [-0.05, 0) is 61.3 Å². The Bertz CT molecular complexity index is 1100. The molecular weight excluding hydrogens is 462 g/mol. The molecule has 0 aliphatic carbocycles. The van der Waals surface area contributed by atoms with E-state index < -0.39 is 6.04 Å². The molecule has 1 unspecified atom stereocenters. The number of rotatable bonds is 9. The largest absolute Gasteiger partial charge is 0.350 e. The first-order chi connectivity index (χ1) is 17.9. The molecule has 37 heavy (non-hydrogen) atoms. The Kier molecular flexibility index (Phi) is 8.96. The van der Waals surface area contributed by atoms with Gasteiger partial charge in [0.25, 0.3) is 0 Å². The zero-order valence-corrected chi connectivity index (χ0v) is 22.0. The molecule has 2 heterocycles. The first-order valence-electron chi connectivity index (χ1n) is 13.5. The van der Waals surface area contributed by atoms with Crippen LogP contribution in [0, 0.1) is 17.2 Å². The predicted octanol–water partition coefficient (Wildman–Crippen LogP) is 3.22. The number of amides is 2. The summed E-state index contributed by atoms with van der Waals surface area (Å²) in [5.74, 6) is 0.176. The van der Waals surface area contributed by atoms with Gasteiger partial charge in [0.1, 0.15) is 6.04 Å². The summed E-state index contributed by atoms with van der Waals surface area (Å²) in [4.78, 5) is 31.5. The number of hydrogen-bond acceptors (Lipinski definition) is 5. The van der Waals surface area contributed by atoms with E-state index >= 15 is 0 Å². The van der Waals surface area contributed by atoms with Crippen molar-refractivity contribution < 1.29 is 9.59 Å². The number of nitriles is 1. The monoisotopic (exact) mass is 501 g/mol. The van der Waals surface area contributed by atoms with Crippen molar-refractivity contribution in [2.24, 2.45) is 11.7 Å². The van der Waals surface area contributed by atoms with Gasteiger partial charge >= 0.3 is 0 Å². The summed E-state index contributed by atoms with van der Waals surface area (Å²) in [6.07, 6.45) is 4.00. The average Bonchev–Trinajstić information content (AvgIpc) is 3.24. The molecule has 0 bridgehead atoms. The van der Waals surface area contributed by atoms with Crippen LogP contribution in [0.3, 0.4) is 0 Å². The van der Waals surface area contributed by atoms with Crippen molar-refractivity contribution in [1.82, 2.24) is 15.1 Å². The quantitative estimate of drug-likeness (QED) is 0.549. The molecular formula is C30H39N5O2. The second-order valence-electron chi connectivity index (χ2n) is 10.9. The minimum Gasteiger partial charge on any atom is -0.350 e. The van der Waals surface area contributed by atoms with Crippen LogP contribution in [0.2, 0.25) is 0 Å². The van der Waals surface area contributed by atoms with E-state index in [0.29, 0.717) is 31.5 Å². The highest BCUT2D eigenvalue weighted by Crippen LogP contribution is 2.30. The summed E-state index contributed by atoms with van der Waals surface area (Å²) in [7, 11) is 0. The first kappa shape index (κ1) is 26.8. The number of fused-ring (bicyclic) bond motifs is 1. The Hall–Kier alpha value is -3.21. The maximum Gasteiger partial charge on any atom is 0.243 e. The standard InChI is InChI=1S/C30H39N5O2/c1-21(2)16-27(29(36)33-19-24-10-8-23(18-31)9-11-24)34-15-14-26(13-12-22-6-4-3-5-7-22)35-20-25(32)17-28(35)30(34)37/h3-11,21,25-28H,12-17,19-20,32H2,1-2H3,(H,33,36)/t25-,26?,27-,28+/m1/s1. The second kappa shape index (κ2) is 12.4. The molecule has 0 aromatic heterocycles. The molecule has 4 atom stereocenters. The van der Waals surface area contributed by atoms with Gasteiger partial charge in [-0.1, -0.05) is 56.3 Å². The van der Waals surface area contributed by atoms with Crippen LogP contribution < -0.4 is 11.1 Å². The van der Waals surface area contributed by atoms with Crippen molar-refractivity contribution in [3.8, 4) is 6.07 Å². The molecule has 7 nitrogen and oxygen atoms in total. The number of benzene rings is 2. The molecule has 2 amide bonds. The summed E-state index contributed by atoms with van der Waals surface area (Å²) in [6.45, 7) is 5.83. The number of hydrogen-bond donors (Lipinski definition) is 2. The van der Waals surface area contributed by atoms with Gasteiger partial charge in [-0.3, -0.25) is 14.5 Å². The van der Waals surface area contributed by atoms with E-state index in [0.717, 1.165) is 31.4 Å². The van der Waals surface area contributed by atoms with Gasteiger partial charge in [0, 0.05) is 31.7 Å². The molecule has 2 aromatic rings. The summed E-state index contributed by atoms with van der Waals surface area (Å²) < 4.78 is 0. The second-order valence-corrected chi connectivity index (χ2v) is 10.9. The Morgan fingerprint density at radius 3 is 2.54 bits per heavy atom. The van der Waals surface area contributed by atoms with Crippen LogP contribution in [0.1, 0.15) is 56.2 Å². The Morgan fingerprint density at radius 1 is 1.14 bits per heavy atom. The van der Waals surface area contributed by atoms with Crippen LogP contribution in [0.15, 0.2) is 54.6 Å². The van der Waals surface area contributed by atoms with E-state index in [2.05, 4.69) is 54.4 Å². The van der Waals surface area contributed by atoms with Crippen molar-refractivity contribution in [2.45, 2.75) is 76.7 Å². The highest BCUT2D eigenvalue weighted by molar-refractivity contribution is 5.90. The number of nitrogens with two attached hydrogens (primary N) is 1. The third-order valence-corrected chi connectivity index (χ3v) is 7.64. The normalized spacial score (nSPS) is 22.8. The molecule has 4 rings (SSSR count). The maximum absolute atomic E-state index is 13.9. The first-order valence-corrected chi connectivity index (χ1v) is 13.5. The Labute approximate surface area is 220 Å². The molecule has 0 saturated carbocycles. The van der Waals surface area contributed by atoms with Crippen molar-refractivity contribution in [3.63, 3.8) is 0 Å². The van der Waals surface area contributed by atoms with E-state index in [1.165, 1.54) is 5.56 Å². The van der Waals surface area contributed by atoms with Gasteiger partial charge in [0.15, 0.2) is 0 Å². The molecule has 2 aromatic carbocycles. The van der Waals surface area contributed by atoms with Crippen LogP contribution >= 0.6 is 0 Å². The number of carbonyl (C=O) groups excluding carboxylic acids is 2. The van der Waals surface area contributed by atoms with Crippen LogP contribution in [-0.2, 0) is 22.6 Å². The maximum atomic E-state index is 13.9. The molecule has 196 valence electrons. The van der Waals surface area contributed by atoms with Gasteiger partial charge < -0.3 is 16.0 Å². The lowest BCUT2D eigenvalue weighted by molar-refractivity contribution is -0.143. The van der Waals surface area contributed by atoms with Crippen LogP contribution in [0.5, 0.6) is 0 Å². The SMILES string of the molecule is CC(C)C[C@H](C(=O)NCc1ccc(C#N)cc1)N1CCC(CCc2ccccc2)N2C[C@H](N)C[C@H]2C1=O. The zero-order chi connectivity index (χ0) is 26.4. The van der Waals surface area contributed by atoms with Gasteiger partial charge in [0.2, 0.25) is 11.8 Å². The summed E-state index contributed by atoms with van der Waals surface area (Å²) in [6, 6.07) is 19.2. The van der Waals surface area contributed by atoms with Crippen molar-refractivity contribution in [2.75, 3.05) is 13.1 Å². The minimum atomic E-state index is -0.516. The smallest absolute Gasteiger partial charge is 0.243 e. The molecule has 2 aliphatic heterocycles. The third kappa shape index (κ3) is 6.76. The van der Waals surface area contributed by atoms with Crippen LogP contribution in [0.25, 0.3) is 0 Å². The number of aryl methyl sites for hydroxylation is 1. The van der Waals surface area contributed by atoms with Crippen LogP contribution in [0.4, 0.5) is 0 Å². The lowest BCUT2D eigenvalue weighted by Crippen LogP contribution is -2.53. The summed E-state index contributed by atoms with van der Waals surface area (Å²) >= 11 is 0. The number of nitrogens with zero attached hydrogens (tertiary/aromatic N) is 3. The van der Waals surface area contributed by atoms with Crippen LogP contribution in [-0.4, -0.2) is 58.9 Å². The molecule has 2 saturated heterocycles. The molecule has 2 aliphatic rings. The molecule has 2 fully saturated rings. The van der Waals surface area contributed by atoms with E-state index in [1.807, 2.05) is 23.1 Å². The number of carbonyl (C=O) groups is 2. The zero-order valence-electron chi connectivity index (χ0n) is 22.0. The van der Waals surface area contributed by atoms with Gasteiger partial charge in [0.05, 0.1) is 17.7 Å². The molecule has 0 radical (unpaired) electrons. The lowest BCUT2D eigenvalue weighted by atomic mass is 9.99. The van der Waals surface area contributed by atoms with Gasteiger partial charge in [-0.15, -0.1) is 0 Å². The lowest BCUT2D eigenvalue weighted by Gasteiger charge is -2.33. The summed E-state index contributed by atoms with van der Waals surface area (Å²) in [5, 5.41) is 12.1. The van der Waals surface area contributed by atoms with Gasteiger partial charge in [-0.25, -0.2) is 0 Å².